The van der Waals surface area contributed by atoms with Gasteiger partial charge in [-0.3, -0.25) is 4.79 Å². The van der Waals surface area contributed by atoms with Gasteiger partial charge >= 0.3 is 0 Å². The van der Waals surface area contributed by atoms with Gasteiger partial charge in [0.25, 0.3) is 0 Å². The lowest BCUT2D eigenvalue weighted by atomic mass is 10.1. The predicted molar refractivity (Wildman–Crippen MR) is 51.0 cm³/mol. The minimum Gasteiger partial charge on any atom is -0.412 e. The summed E-state index contributed by atoms with van der Waals surface area (Å²) in [5, 5.41) is 25.0. The molecule has 6 heteroatoms. The molecule has 0 aromatic heterocycles. The number of carbonyl (C=O) groups is 1. The van der Waals surface area contributed by atoms with Crippen LogP contribution < -0.4 is 5.73 Å². The normalized spacial score (nSPS) is 10.1. The van der Waals surface area contributed by atoms with Crippen LogP contribution in [0.2, 0.25) is 0 Å². The summed E-state index contributed by atoms with van der Waals surface area (Å²) in [4.78, 5) is 9.99. The largest absolute Gasteiger partial charge is 0.412 e. The monoisotopic (exact) mass is 206 g/mol. The number of primary amides is 1. The lowest BCUT2D eigenvalue weighted by Gasteiger charge is -2.09. The summed E-state index contributed by atoms with van der Waals surface area (Å²) in [5.41, 5.74) is 2.17. The first kappa shape index (κ1) is 18.6. The van der Waals surface area contributed by atoms with Gasteiger partial charge in [-0.1, -0.05) is 0 Å². The van der Waals surface area contributed by atoms with Gasteiger partial charge in [-0.2, -0.15) is 5.26 Å². The molecular weight excluding hydrogens is 188 g/mol. The highest BCUT2D eigenvalue weighted by atomic mass is 16.3. The number of nitrogens with two attached hydrogens (primary N) is 1. The van der Waals surface area contributed by atoms with Crippen LogP contribution in [0.15, 0.2) is 0 Å². The van der Waals surface area contributed by atoms with Crippen molar-refractivity contribution in [3.63, 3.8) is 0 Å². The second-order valence-corrected chi connectivity index (χ2v) is 3.59. The van der Waals surface area contributed by atoms with Gasteiger partial charge in [0.05, 0.1) is 6.07 Å². The van der Waals surface area contributed by atoms with Crippen LogP contribution >= 0.6 is 0 Å². The summed E-state index contributed by atoms with van der Waals surface area (Å²) in [6.07, 6.45) is 0. The Morgan fingerprint density at radius 2 is 1.43 bits per heavy atom. The van der Waals surface area contributed by atoms with E-state index < -0.39 is 17.1 Å². The van der Waals surface area contributed by atoms with E-state index in [4.69, 9.17) is 15.5 Å². The minimum atomic E-state index is -1.36. The van der Waals surface area contributed by atoms with Crippen molar-refractivity contribution in [2.24, 2.45) is 5.73 Å². The van der Waals surface area contributed by atoms with Gasteiger partial charge in [-0.15, -0.1) is 0 Å². The van der Waals surface area contributed by atoms with Crippen molar-refractivity contribution in [3.05, 3.63) is 0 Å². The fraction of sp³-hybridized carbons (Fsp3) is 0.750. The van der Waals surface area contributed by atoms with E-state index in [0.29, 0.717) is 0 Å². The Morgan fingerprint density at radius 1 is 1.29 bits per heavy atom. The Labute approximate surface area is 83.3 Å². The molecule has 0 aliphatic carbocycles. The molecule has 14 heavy (non-hydrogen) atoms. The molecule has 0 bridgehead atoms. The molecule has 0 aliphatic rings. The molecule has 0 saturated heterocycles. The first-order chi connectivity index (χ1) is 5.50. The first-order valence-electron chi connectivity index (χ1n) is 3.66. The van der Waals surface area contributed by atoms with Crippen molar-refractivity contribution in [1.82, 2.24) is 0 Å². The number of nitriles is 1. The van der Waals surface area contributed by atoms with Crippen LogP contribution in [-0.4, -0.2) is 32.8 Å². The number of aliphatic hydroxyl groups is 2. The predicted octanol–water partition coefficient (Wildman–Crippen LogP) is -1.30. The summed E-state index contributed by atoms with van der Waals surface area (Å²) in [6, 6.07) is 1.66. The third-order valence-corrected chi connectivity index (χ3v) is 0.877. The average molecular weight is 206 g/mol. The SMILES string of the molecule is CC(C)(O)C#N.CC(C)(O)C(N)=O.O. The molecule has 84 valence electrons. The highest BCUT2D eigenvalue weighted by Gasteiger charge is 2.18. The van der Waals surface area contributed by atoms with E-state index in [2.05, 4.69) is 5.73 Å². The molecule has 0 saturated carbocycles. The number of amides is 1. The molecule has 0 aromatic carbocycles. The van der Waals surface area contributed by atoms with E-state index in [1.165, 1.54) is 27.7 Å². The Hall–Kier alpha value is -1.16. The van der Waals surface area contributed by atoms with Gasteiger partial charge in [0.15, 0.2) is 0 Å². The first-order valence-corrected chi connectivity index (χ1v) is 3.66. The molecule has 0 aromatic rings. The van der Waals surface area contributed by atoms with Crippen LogP contribution in [0.3, 0.4) is 0 Å². The lowest BCUT2D eigenvalue weighted by Crippen LogP contribution is -2.37. The summed E-state index contributed by atoms with van der Waals surface area (Å²) in [5.74, 6) is -0.701. The zero-order valence-corrected chi connectivity index (χ0v) is 8.83. The van der Waals surface area contributed by atoms with E-state index in [0.717, 1.165) is 0 Å². The zero-order chi connectivity index (χ0) is 11.3. The minimum absolute atomic E-state index is 0. The van der Waals surface area contributed by atoms with E-state index in [9.17, 15) is 4.79 Å². The number of hydrogen-bond donors (Lipinski definition) is 3. The molecule has 0 unspecified atom stereocenters. The summed E-state index contributed by atoms with van der Waals surface area (Å²) >= 11 is 0. The Morgan fingerprint density at radius 3 is 1.43 bits per heavy atom. The Bertz CT molecular complexity index is 207. The Balaban J connectivity index is -0.000000163. The molecule has 1 amide bonds. The van der Waals surface area contributed by atoms with Crippen molar-refractivity contribution in [1.29, 1.82) is 5.26 Å². The number of carbonyl (C=O) groups excluding carboxylic acids is 1. The quantitative estimate of drug-likeness (QED) is 0.458. The van der Waals surface area contributed by atoms with Crippen molar-refractivity contribution in [2.45, 2.75) is 38.9 Å². The maximum Gasteiger partial charge on any atom is 0.248 e. The highest BCUT2D eigenvalue weighted by Crippen LogP contribution is 1.96. The van der Waals surface area contributed by atoms with Gasteiger partial charge in [-0.25, -0.2) is 0 Å². The van der Waals surface area contributed by atoms with E-state index >= 15 is 0 Å². The van der Waals surface area contributed by atoms with Crippen LogP contribution in [-0.2, 0) is 4.79 Å². The molecule has 0 rings (SSSR count). The Kier molecular flexibility index (Phi) is 8.39. The molecule has 6 nitrogen and oxygen atoms in total. The molecule has 0 aliphatic heterocycles. The summed E-state index contributed by atoms with van der Waals surface area (Å²) < 4.78 is 0. The van der Waals surface area contributed by atoms with Gasteiger partial charge in [-0.05, 0) is 27.7 Å². The standard InChI is InChI=1S/C4H9NO2.C4H7NO.H2O/c1-4(2,7)3(5)6;1-4(2,6)3-5;/h7H,1-2H3,(H2,5,6);6H,1-2H3;1H2. The molecule has 6 N–H and O–H groups in total. The van der Waals surface area contributed by atoms with Crippen LogP contribution in [0.5, 0.6) is 0 Å². The van der Waals surface area contributed by atoms with E-state index in [-0.39, 0.29) is 5.48 Å². The number of rotatable bonds is 1. The van der Waals surface area contributed by atoms with Crippen LogP contribution in [0.4, 0.5) is 0 Å². The van der Waals surface area contributed by atoms with Gasteiger partial charge < -0.3 is 21.4 Å². The maximum absolute atomic E-state index is 9.99. The molecule has 0 radical (unpaired) electrons. The fourth-order valence-corrected chi connectivity index (χ4v) is 0. The maximum atomic E-state index is 9.99. The second-order valence-electron chi connectivity index (χ2n) is 3.59. The molecule has 0 heterocycles. The molecule has 0 spiro atoms. The van der Waals surface area contributed by atoms with Gasteiger partial charge in [0.2, 0.25) is 5.91 Å². The molecular formula is C8H18N2O4. The van der Waals surface area contributed by atoms with Crippen molar-refractivity contribution in [3.8, 4) is 6.07 Å². The van der Waals surface area contributed by atoms with Crippen LogP contribution in [0.1, 0.15) is 27.7 Å². The zero-order valence-electron chi connectivity index (χ0n) is 8.83. The molecule has 0 fully saturated rings. The lowest BCUT2D eigenvalue weighted by molar-refractivity contribution is -0.132. The second kappa shape index (κ2) is 6.32. The van der Waals surface area contributed by atoms with Crippen LogP contribution in [0.25, 0.3) is 0 Å². The van der Waals surface area contributed by atoms with Gasteiger partial charge in [0, 0.05) is 0 Å². The number of hydrogen-bond acceptors (Lipinski definition) is 4. The highest BCUT2D eigenvalue weighted by molar-refractivity contribution is 5.81. The molecule has 0 atom stereocenters. The summed E-state index contributed by atoms with van der Waals surface area (Å²) in [6.45, 7) is 5.56. The third kappa shape index (κ3) is 17.1. The van der Waals surface area contributed by atoms with E-state index in [1.807, 2.05) is 0 Å². The van der Waals surface area contributed by atoms with Gasteiger partial charge in [0.1, 0.15) is 11.2 Å². The van der Waals surface area contributed by atoms with Crippen molar-refractivity contribution >= 4 is 5.91 Å². The summed E-state index contributed by atoms with van der Waals surface area (Å²) in [7, 11) is 0. The van der Waals surface area contributed by atoms with Crippen molar-refractivity contribution < 1.29 is 20.5 Å². The van der Waals surface area contributed by atoms with E-state index in [1.54, 1.807) is 6.07 Å². The average Bonchev–Trinajstić information content (AvgIpc) is 1.85. The topological polar surface area (TPSA) is 139 Å². The third-order valence-electron chi connectivity index (χ3n) is 0.877. The fourth-order valence-electron chi connectivity index (χ4n) is 0. The van der Waals surface area contributed by atoms with Crippen LogP contribution in [0, 0.1) is 11.3 Å². The smallest absolute Gasteiger partial charge is 0.248 e. The number of nitrogens with zero attached hydrogens (tertiary/aromatic N) is 1. The van der Waals surface area contributed by atoms with Crippen molar-refractivity contribution in [2.75, 3.05) is 0 Å².